The largest absolute Gasteiger partial charge is 0.493 e. The van der Waals surface area contributed by atoms with E-state index in [0.29, 0.717) is 13.0 Å². The number of fused-ring (bicyclic) bond motifs is 1. The molecule has 0 saturated carbocycles. The Morgan fingerprint density at radius 3 is 1.97 bits per heavy atom. The molecule has 0 unspecified atom stereocenters. The Kier molecular flexibility index (Phi) is 13.7. The van der Waals surface area contributed by atoms with Crippen molar-refractivity contribution in [3.05, 3.63) is 35.4 Å². The molecule has 1 aliphatic heterocycles. The number of benzene rings is 1. The van der Waals surface area contributed by atoms with Gasteiger partial charge in [0.25, 0.3) is 0 Å². The highest BCUT2D eigenvalue weighted by Crippen LogP contribution is 2.33. The first-order valence-electron chi connectivity index (χ1n) is 13.4. The maximum absolute atomic E-state index is 12.7. The number of rotatable bonds is 17. The fraction of sp³-hybridized carbons (Fsp3) is 0.690. The van der Waals surface area contributed by atoms with Crippen LogP contribution in [0.4, 0.5) is 0 Å². The van der Waals surface area contributed by atoms with Gasteiger partial charge in [-0.1, -0.05) is 70.4 Å². The predicted molar refractivity (Wildman–Crippen MR) is 138 cm³/mol. The van der Waals surface area contributed by atoms with Crippen molar-refractivity contribution in [3.63, 3.8) is 0 Å². The van der Waals surface area contributed by atoms with E-state index in [1.807, 2.05) is 11.0 Å². The molecule has 0 radical (unpaired) electrons. The molecule has 0 bridgehead atoms. The zero-order valence-corrected chi connectivity index (χ0v) is 21.5. The summed E-state index contributed by atoms with van der Waals surface area (Å²) in [6, 6.07) is 4.08. The van der Waals surface area contributed by atoms with Gasteiger partial charge in [0.05, 0.1) is 14.2 Å². The average molecular weight is 458 g/mol. The van der Waals surface area contributed by atoms with Gasteiger partial charge < -0.3 is 14.4 Å². The Morgan fingerprint density at radius 2 is 1.36 bits per heavy atom. The molecule has 1 heterocycles. The lowest BCUT2D eigenvalue weighted by atomic mass is 9.98. The Hall–Kier alpha value is -1.97. The third kappa shape index (κ3) is 10.2. The molecule has 186 valence electrons. The zero-order chi connectivity index (χ0) is 23.7. The number of carbonyl (C=O) groups is 1. The first-order valence-corrected chi connectivity index (χ1v) is 13.4. The summed E-state index contributed by atoms with van der Waals surface area (Å²) in [5, 5.41) is 0. The molecule has 1 amide bonds. The van der Waals surface area contributed by atoms with Crippen LogP contribution in [-0.4, -0.2) is 31.6 Å². The van der Waals surface area contributed by atoms with Crippen molar-refractivity contribution in [2.24, 2.45) is 0 Å². The van der Waals surface area contributed by atoms with Gasteiger partial charge in [-0.3, -0.25) is 4.79 Å². The number of hydrogen-bond acceptors (Lipinski definition) is 3. The van der Waals surface area contributed by atoms with E-state index >= 15 is 0 Å². The summed E-state index contributed by atoms with van der Waals surface area (Å²) in [6.07, 6.45) is 22.9. The quantitative estimate of drug-likeness (QED) is 0.178. The van der Waals surface area contributed by atoms with Gasteiger partial charge in [0.2, 0.25) is 5.91 Å². The smallest absolute Gasteiger partial charge is 0.222 e. The number of nitrogens with zero attached hydrogens (tertiary/aromatic N) is 1. The van der Waals surface area contributed by atoms with E-state index in [1.165, 1.54) is 81.8 Å². The van der Waals surface area contributed by atoms with Crippen molar-refractivity contribution >= 4 is 5.91 Å². The van der Waals surface area contributed by atoms with Crippen molar-refractivity contribution in [1.82, 2.24) is 4.90 Å². The summed E-state index contributed by atoms with van der Waals surface area (Å²) in [7, 11) is 3.32. The molecule has 1 aromatic rings. The van der Waals surface area contributed by atoms with Gasteiger partial charge in [0.1, 0.15) is 0 Å². The predicted octanol–water partition coefficient (Wildman–Crippen LogP) is 7.63. The molecule has 0 saturated heterocycles. The fourth-order valence-electron chi connectivity index (χ4n) is 4.60. The van der Waals surface area contributed by atoms with Crippen LogP contribution in [0.5, 0.6) is 11.5 Å². The van der Waals surface area contributed by atoms with Crippen molar-refractivity contribution in [2.75, 3.05) is 20.8 Å². The minimum atomic E-state index is 0.285. The van der Waals surface area contributed by atoms with E-state index in [1.54, 1.807) is 14.2 Å². The molecule has 1 aliphatic rings. The van der Waals surface area contributed by atoms with Crippen molar-refractivity contribution < 1.29 is 14.3 Å². The molecule has 0 aromatic heterocycles. The number of methoxy groups -OCH3 is 2. The summed E-state index contributed by atoms with van der Waals surface area (Å²) in [4.78, 5) is 14.7. The van der Waals surface area contributed by atoms with Crippen LogP contribution in [0.2, 0.25) is 0 Å². The molecule has 1 aromatic carbocycles. The van der Waals surface area contributed by atoms with Crippen LogP contribution in [0.25, 0.3) is 0 Å². The van der Waals surface area contributed by atoms with Gasteiger partial charge in [-0.15, -0.1) is 0 Å². The lowest BCUT2D eigenvalue weighted by Crippen LogP contribution is -2.35. The molecular formula is C29H47NO3. The van der Waals surface area contributed by atoms with Crippen molar-refractivity contribution in [3.8, 4) is 11.5 Å². The molecule has 33 heavy (non-hydrogen) atoms. The summed E-state index contributed by atoms with van der Waals surface area (Å²) in [5.41, 5.74) is 2.44. The monoisotopic (exact) mass is 457 g/mol. The van der Waals surface area contributed by atoms with Gasteiger partial charge in [-0.25, -0.2) is 0 Å². The third-order valence-electron chi connectivity index (χ3n) is 6.72. The minimum Gasteiger partial charge on any atom is -0.493 e. The van der Waals surface area contributed by atoms with Crippen molar-refractivity contribution in [2.45, 2.75) is 110 Å². The van der Waals surface area contributed by atoms with E-state index in [-0.39, 0.29) is 5.91 Å². The van der Waals surface area contributed by atoms with Crippen LogP contribution in [0.15, 0.2) is 24.3 Å². The summed E-state index contributed by atoms with van der Waals surface area (Å²) >= 11 is 0. The molecule has 0 fully saturated rings. The van der Waals surface area contributed by atoms with Crippen LogP contribution < -0.4 is 9.47 Å². The molecule has 0 spiro atoms. The number of amides is 1. The van der Waals surface area contributed by atoms with Crippen LogP contribution >= 0.6 is 0 Å². The maximum atomic E-state index is 12.7. The number of unbranched alkanes of at least 4 members (excludes halogenated alkanes) is 11. The highest BCUT2D eigenvalue weighted by molar-refractivity contribution is 5.76. The summed E-state index contributed by atoms with van der Waals surface area (Å²) in [6.45, 7) is 3.75. The van der Waals surface area contributed by atoms with Crippen LogP contribution in [0.3, 0.4) is 0 Å². The van der Waals surface area contributed by atoms with Crippen LogP contribution in [0, 0.1) is 0 Å². The second kappa shape index (κ2) is 16.6. The first kappa shape index (κ1) is 27.3. The van der Waals surface area contributed by atoms with Crippen LogP contribution in [0.1, 0.15) is 108 Å². The number of allylic oxidation sites excluding steroid dienone is 2. The van der Waals surface area contributed by atoms with E-state index in [4.69, 9.17) is 9.47 Å². The highest BCUT2D eigenvalue weighted by Gasteiger charge is 2.22. The minimum absolute atomic E-state index is 0.285. The van der Waals surface area contributed by atoms with Gasteiger partial charge in [-0.2, -0.15) is 0 Å². The van der Waals surface area contributed by atoms with Gasteiger partial charge >= 0.3 is 0 Å². The number of ether oxygens (including phenoxy) is 2. The van der Waals surface area contributed by atoms with E-state index in [0.717, 1.165) is 37.3 Å². The molecule has 0 aliphatic carbocycles. The Bertz CT molecular complexity index is 713. The van der Waals surface area contributed by atoms with Gasteiger partial charge in [0.15, 0.2) is 11.5 Å². The Morgan fingerprint density at radius 1 is 0.818 bits per heavy atom. The first-order chi connectivity index (χ1) is 16.2. The molecule has 0 N–H and O–H groups in total. The zero-order valence-electron chi connectivity index (χ0n) is 21.5. The number of carbonyl (C=O) groups excluding carboxylic acids is 1. The standard InChI is InChI=1S/C29H47NO3/c1-4-5-6-7-8-9-10-11-12-13-14-15-16-17-18-19-29(31)30-21-20-25-22-27(32-2)28(33-3)23-26(25)24-30/h11-12,22-23H,4-10,13-21,24H2,1-3H3. The molecular weight excluding hydrogens is 410 g/mol. The molecule has 2 rings (SSSR count). The Balaban J connectivity index is 1.51. The molecule has 4 nitrogen and oxygen atoms in total. The van der Waals surface area contributed by atoms with E-state index in [9.17, 15) is 4.79 Å². The van der Waals surface area contributed by atoms with E-state index in [2.05, 4.69) is 25.1 Å². The van der Waals surface area contributed by atoms with Crippen LogP contribution in [-0.2, 0) is 17.8 Å². The average Bonchev–Trinajstić information content (AvgIpc) is 2.84. The Labute approximate surface area is 202 Å². The molecule has 4 heteroatoms. The summed E-state index contributed by atoms with van der Waals surface area (Å²) in [5.74, 6) is 1.79. The van der Waals surface area contributed by atoms with Gasteiger partial charge in [0, 0.05) is 19.5 Å². The second-order valence-electron chi connectivity index (χ2n) is 9.38. The topological polar surface area (TPSA) is 38.8 Å². The lowest BCUT2D eigenvalue weighted by Gasteiger charge is -2.29. The van der Waals surface area contributed by atoms with Crippen molar-refractivity contribution in [1.29, 1.82) is 0 Å². The summed E-state index contributed by atoms with van der Waals surface area (Å²) < 4.78 is 10.8. The third-order valence-corrected chi connectivity index (χ3v) is 6.72. The lowest BCUT2D eigenvalue weighted by molar-refractivity contribution is -0.132. The fourth-order valence-corrected chi connectivity index (χ4v) is 4.60. The van der Waals surface area contributed by atoms with Gasteiger partial charge in [-0.05, 0) is 61.8 Å². The highest BCUT2D eigenvalue weighted by atomic mass is 16.5. The molecule has 0 atom stereocenters. The maximum Gasteiger partial charge on any atom is 0.222 e. The van der Waals surface area contributed by atoms with E-state index < -0.39 is 0 Å². The second-order valence-corrected chi connectivity index (χ2v) is 9.38. The SMILES string of the molecule is CCCCCCCCC=CCCCCCCCC(=O)N1CCc2cc(OC)c(OC)cc2C1. The normalized spacial score (nSPS) is 13.4. The number of hydrogen-bond donors (Lipinski definition) is 0.